The normalized spacial score (nSPS) is 11.7. The minimum atomic E-state index is 0.217. The topological polar surface area (TPSA) is 21.3 Å². The van der Waals surface area contributed by atoms with Gasteiger partial charge in [0, 0.05) is 10.6 Å². The van der Waals surface area contributed by atoms with Crippen molar-refractivity contribution in [2.45, 2.75) is 59.4 Å². The molecule has 0 atom stereocenters. The van der Waals surface area contributed by atoms with Crippen molar-refractivity contribution in [3.05, 3.63) is 28.3 Å². The smallest absolute Gasteiger partial charge is 0.119 e. The van der Waals surface area contributed by atoms with E-state index < -0.39 is 0 Å². The van der Waals surface area contributed by atoms with E-state index in [0.29, 0.717) is 0 Å². The molecule has 20 heavy (non-hydrogen) atoms. The fourth-order valence-electron chi connectivity index (χ4n) is 2.05. The molecule has 0 unspecified atom stereocenters. The third-order valence-electron chi connectivity index (χ3n) is 3.16. The summed E-state index contributed by atoms with van der Waals surface area (Å²) in [7, 11) is 0. The summed E-state index contributed by atoms with van der Waals surface area (Å²) in [5.41, 5.74) is 2.38. The van der Waals surface area contributed by atoms with Gasteiger partial charge in [0.15, 0.2) is 0 Å². The van der Waals surface area contributed by atoms with Crippen LogP contribution < -0.4 is 10.1 Å². The van der Waals surface area contributed by atoms with Crippen molar-refractivity contribution in [1.29, 1.82) is 0 Å². The van der Waals surface area contributed by atoms with Gasteiger partial charge in [-0.3, -0.25) is 0 Å². The van der Waals surface area contributed by atoms with Crippen LogP contribution in [0.3, 0.4) is 0 Å². The molecule has 0 heterocycles. The van der Waals surface area contributed by atoms with E-state index >= 15 is 0 Å². The Kier molecular flexibility index (Phi) is 6.84. The van der Waals surface area contributed by atoms with Crippen LogP contribution in [0, 0.1) is 13.8 Å². The molecule has 0 fully saturated rings. The number of aryl methyl sites for hydroxylation is 2. The van der Waals surface area contributed by atoms with E-state index in [1.807, 2.05) is 26.0 Å². The average molecular weight is 298 g/mol. The Morgan fingerprint density at radius 2 is 1.65 bits per heavy atom. The lowest BCUT2D eigenvalue weighted by molar-refractivity contribution is 0.303. The van der Waals surface area contributed by atoms with E-state index in [-0.39, 0.29) is 5.54 Å². The molecule has 3 heteroatoms. The van der Waals surface area contributed by atoms with Crippen LogP contribution in [0.4, 0.5) is 0 Å². The lowest BCUT2D eigenvalue weighted by Gasteiger charge is -2.20. The predicted molar refractivity (Wildman–Crippen MR) is 88.0 cm³/mol. The van der Waals surface area contributed by atoms with Gasteiger partial charge in [0.2, 0.25) is 0 Å². The molecule has 0 aliphatic rings. The lowest BCUT2D eigenvalue weighted by Crippen LogP contribution is -2.36. The van der Waals surface area contributed by atoms with Crippen molar-refractivity contribution < 1.29 is 4.74 Å². The Hall–Kier alpha value is -0.730. The maximum Gasteiger partial charge on any atom is 0.119 e. The summed E-state index contributed by atoms with van der Waals surface area (Å²) in [5, 5.41) is 4.33. The molecule has 114 valence electrons. The molecule has 0 amide bonds. The molecule has 0 saturated carbocycles. The van der Waals surface area contributed by atoms with Crippen LogP contribution in [0.25, 0.3) is 0 Å². The van der Waals surface area contributed by atoms with E-state index in [1.54, 1.807) is 0 Å². The fourth-order valence-corrected chi connectivity index (χ4v) is 2.16. The van der Waals surface area contributed by atoms with Gasteiger partial charge in [-0.15, -0.1) is 0 Å². The van der Waals surface area contributed by atoms with E-state index in [2.05, 4.69) is 26.1 Å². The highest BCUT2D eigenvalue weighted by atomic mass is 35.5. The predicted octanol–water partition coefficient (Wildman–Crippen LogP) is 4.89. The number of benzene rings is 1. The summed E-state index contributed by atoms with van der Waals surface area (Å²) in [6.07, 6.45) is 3.47. The summed E-state index contributed by atoms with van der Waals surface area (Å²) in [5.74, 6) is 0.928. The standard InChI is InChI=1S/C17H28ClNO/c1-13-11-15(12-14(2)16(13)18)20-10-8-6-7-9-19-17(3,4)5/h11-12,19H,6-10H2,1-5H3. The molecule has 0 saturated heterocycles. The van der Waals surface area contributed by atoms with Crippen LogP contribution in [-0.4, -0.2) is 18.7 Å². The summed E-state index contributed by atoms with van der Waals surface area (Å²) in [6, 6.07) is 4.02. The molecule has 0 radical (unpaired) electrons. The van der Waals surface area contributed by atoms with Crippen LogP contribution in [-0.2, 0) is 0 Å². The van der Waals surface area contributed by atoms with E-state index in [9.17, 15) is 0 Å². The molecule has 0 bridgehead atoms. The minimum absolute atomic E-state index is 0.217. The van der Waals surface area contributed by atoms with Crippen molar-refractivity contribution in [2.75, 3.05) is 13.2 Å². The molecule has 0 aliphatic carbocycles. The molecular weight excluding hydrogens is 270 g/mol. The number of unbranched alkanes of at least 4 members (excludes halogenated alkanes) is 2. The van der Waals surface area contributed by atoms with Gasteiger partial charge >= 0.3 is 0 Å². The summed E-state index contributed by atoms with van der Waals surface area (Å²) in [4.78, 5) is 0. The highest BCUT2D eigenvalue weighted by Crippen LogP contribution is 2.25. The molecule has 0 aliphatic heterocycles. The Labute approximate surface area is 128 Å². The second-order valence-corrected chi connectivity index (χ2v) is 6.83. The average Bonchev–Trinajstić information content (AvgIpc) is 2.33. The van der Waals surface area contributed by atoms with Gasteiger partial charge in [-0.05, 0) is 83.7 Å². The maximum atomic E-state index is 6.14. The summed E-state index contributed by atoms with van der Waals surface area (Å²) in [6.45, 7) is 12.5. The van der Waals surface area contributed by atoms with Gasteiger partial charge < -0.3 is 10.1 Å². The van der Waals surface area contributed by atoms with Crippen LogP contribution in [0.15, 0.2) is 12.1 Å². The first-order valence-electron chi connectivity index (χ1n) is 7.44. The second-order valence-electron chi connectivity index (χ2n) is 6.46. The molecule has 1 rings (SSSR count). The number of hydrogen-bond acceptors (Lipinski definition) is 2. The summed E-state index contributed by atoms with van der Waals surface area (Å²) < 4.78 is 5.79. The molecule has 1 N–H and O–H groups in total. The number of nitrogens with one attached hydrogen (secondary N) is 1. The zero-order valence-electron chi connectivity index (χ0n) is 13.5. The lowest BCUT2D eigenvalue weighted by atomic mass is 10.1. The van der Waals surface area contributed by atoms with Gasteiger partial charge in [-0.1, -0.05) is 11.6 Å². The monoisotopic (exact) mass is 297 g/mol. The van der Waals surface area contributed by atoms with Gasteiger partial charge in [0.05, 0.1) is 6.61 Å². The highest BCUT2D eigenvalue weighted by Gasteiger charge is 2.07. The fraction of sp³-hybridized carbons (Fsp3) is 0.647. The first kappa shape index (κ1) is 17.3. The van der Waals surface area contributed by atoms with Crippen LogP contribution in [0.5, 0.6) is 5.75 Å². The highest BCUT2D eigenvalue weighted by molar-refractivity contribution is 6.32. The molecular formula is C17H28ClNO. The molecule has 2 nitrogen and oxygen atoms in total. The van der Waals surface area contributed by atoms with Crippen molar-refractivity contribution in [3.8, 4) is 5.75 Å². The molecule has 1 aromatic carbocycles. The van der Waals surface area contributed by atoms with Crippen molar-refractivity contribution in [2.24, 2.45) is 0 Å². The zero-order valence-corrected chi connectivity index (χ0v) is 14.2. The van der Waals surface area contributed by atoms with E-state index in [0.717, 1.165) is 41.5 Å². The zero-order chi connectivity index (χ0) is 15.2. The molecule has 1 aromatic rings. The van der Waals surface area contributed by atoms with Crippen molar-refractivity contribution in [1.82, 2.24) is 5.32 Å². The van der Waals surface area contributed by atoms with E-state index in [4.69, 9.17) is 16.3 Å². The SMILES string of the molecule is Cc1cc(OCCCCCNC(C)(C)C)cc(C)c1Cl. The van der Waals surface area contributed by atoms with E-state index in [1.165, 1.54) is 12.8 Å². The molecule has 0 spiro atoms. The number of rotatable bonds is 7. The van der Waals surface area contributed by atoms with Crippen LogP contribution >= 0.6 is 11.6 Å². The van der Waals surface area contributed by atoms with Crippen LogP contribution in [0.1, 0.15) is 51.2 Å². The third-order valence-corrected chi connectivity index (χ3v) is 3.75. The quantitative estimate of drug-likeness (QED) is 0.723. The van der Waals surface area contributed by atoms with Crippen molar-refractivity contribution in [3.63, 3.8) is 0 Å². The van der Waals surface area contributed by atoms with Gasteiger partial charge in [0.25, 0.3) is 0 Å². The first-order chi connectivity index (χ1) is 9.29. The van der Waals surface area contributed by atoms with Gasteiger partial charge in [-0.25, -0.2) is 0 Å². The van der Waals surface area contributed by atoms with Crippen molar-refractivity contribution >= 4 is 11.6 Å². The Morgan fingerprint density at radius 1 is 1.05 bits per heavy atom. The first-order valence-corrected chi connectivity index (χ1v) is 7.82. The minimum Gasteiger partial charge on any atom is -0.494 e. The Morgan fingerprint density at radius 3 is 2.20 bits per heavy atom. The number of hydrogen-bond donors (Lipinski definition) is 1. The van der Waals surface area contributed by atoms with Gasteiger partial charge in [-0.2, -0.15) is 0 Å². The number of ether oxygens (including phenoxy) is 1. The third kappa shape index (κ3) is 6.62. The summed E-state index contributed by atoms with van der Waals surface area (Å²) >= 11 is 6.14. The number of halogens is 1. The van der Waals surface area contributed by atoms with Gasteiger partial charge in [0.1, 0.15) is 5.75 Å². The Bertz CT molecular complexity index is 400. The largest absolute Gasteiger partial charge is 0.494 e. The maximum absolute atomic E-state index is 6.14. The second kappa shape index (κ2) is 7.90. The molecule has 0 aromatic heterocycles. The van der Waals surface area contributed by atoms with Crippen LogP contribution in [0.2, 0.25) is 5.02 Å². The Balaban J connectivity index is 2.19.